The highest BCUT2D eigenvalue weighted by Crippen LogP contribution is 2.46. The minimum atomic E-state index is -3.72. The lowest BCUT2D eigenvalue weighted by Crippen LogP contribution is -2.25. The van der Waals surface area contributed by atoms with Gasteiger partial charge in [-0.15, -0.1) is 0 Å². The summed E-state index contributed by atoms with van der Waals surface area (Å²) in [7, 11) is -2.32. The average molecular weight is 511 g/mol. The number of hydrogen-bond donors (Lipinski definition) is 2. The van der Waals surface area contributed by atoms with E-state index in [9.17, 15) is 23.0 Å². The van der Waals surface area contributed by atoms with Crippen LogP contribution in [0.2, 0.25) is 0 Å². The topological polar surface area (TPSA) is 122 Å². The molecule has 0 spiro atoms. The molecule has 0 atom stereocenters. The summed E-state index contributed by atoms with van der Waals surface area (Å²) in [4.78, 5) is 4.41. The highest BCUT2D eigenvalue weighted by Gasteiger charge is 2.26. The molecule has 186 valence electrons. The fourth-order valence-corrected chi connectivity index (χ4v) is 4.85. The molecule has 0 unspecified atom stereocenters. The standard InChI is InChI=1S/C25H23FN4O5S/c1-14-8-18(28-35-14)12-30-13-20-21(25(30)32)24(31)22-19(23(20)29(2)36(3,33)34)10-16(11-27-22)9-15-4-6-17(26)7-5-15/h4-8,10-11,13,31-32H,9,12H2,1-3H3. The van der Waals surface area contributed by atoms with Crippen LogP contribution in [0.1, 0.15) is 22.6 Å². The van der Waals surface area contributed by atoms with Gasteiger partial charge in [-0.1, -0.05) is 17.3 Å². The number of rotatable bonds is 6. The summed E-state index contributed by atoms with van der Waals surface area (Å²) in [6, 6.07) is 9.51. The van der Waals surface area contributed by atoms with Gasteiger partial charge in [0.15, 0.2) is 5.75 Å². The lowest BCUT2D eigenvalue weighted by molar-refractivity contribution is 0.384. The summed E-state index contributed by atoms with van der Waals surface area (Å²) < 4.78 is 46.2. The van der Waals surface area contributed by atoms with Gasteiger partial charge in [0.05, 0.1) is 23.9 Å². The number of benzene rings is 2. The molecular weight excluding hydrogens is 487 g/mol. The lowest BCUT2D eigenvalue weighted by Gasteiger charge is -2.21. The first-order chi connectivity index (χ1) is 17.0. The molecule has 0 aliphatic heterocycles. The molecule has 0 saturated carbocycles. The molecule has 2 N–H and O–H groups in total. The number of hydrogen-bond acceptors (Lipinski definition) is 7. The normalized spacial score (nSPS) is 12.0. The van der Waals surface area contributed by atoms with E-state index in [0.29, 0.717) is 28.6 Å². The lowest BCUT2D eigenvalue weighted by atomic mass is 10.0. The van der Waals surface area contributed by atoms with Gasteiger partial charge >= 0.3 is 0 Å². The number of halogens is 1. The van der Waals surface area contributed by atoms with Gasteiger partial charge in [-0.25, -0.2) is 12.8 Å². The number of aryl methyl sites for hydroxylation is 1. The molecule has 0 aliphatic carbocycles. The average Bonchev–Trinajstić information content (AvgIpc) is 3.37. The molecule has 0 amide bonds. The first kappa shape index (κ1) is 23.6. The van der Waals surface area contributed by atoms with Crippen molar-refractivity contribution in [2.24, 2.45) is 0 Å². The molecule has 0 radical (unpaired) electrons. The Balaban J connectivity index is 1.75. The van der Waals surface area contributed by atoms with Crippen molar-refractivity contribution in [3.63, 3.8) is 0 Å². The van der Waals surface area contributed by atoms with E-state index in [0.717, 1.165) is 21.7 Å². The molecule has 0 fully saturated rings. The third kappa shape index (κ3) is 4.11. The summed E-state index contributed by atoms with van der Waals surface area (Å²) in [6.45, 7) is 1.88. The maximum atomic E-state index is 13.3. The first-order valence-electron chi connectivity index (χ1n) is 11.0. The van der Waals surface area contributed by atoms with Crippen molar-refractivity contribution >= 4 is 37.4 Å². The minimum absolute atomic E-state index is 0.0759. The molecule has 11 heteroatoms. The predicted octanol–water partition coefficient (Wildman–Crippen LogP) is 4.07. The van der Waals surface area contributed by atoms with E-state index in [-0.39, 0.29) is 40.6 Å². The van der Waals surface area contributed by atoms with Crippen molar-refractivity contribution in [1.29, 1.82) is 0 Å². The molecule has 9 nitrogen and oxygen atoms in total. The molecule has 0 aliphatic rings. The molecular formula is C25H23FN4O5S. The Kier molecular flexibility index (Phi) is 5.59. The van der Waals surface area contributed by atoms with Gasteiger partial charge in [0.1, 0.15) is 22.8 Å². The van der Waals surface area contributed by atoms with E-state index in [1.165, 1.54) is 23.7 Å². The number of anilines is 1. The largest absolute Gasteiger partial charge is 0.505 e. The quantitative estimate of drug-likeness (QED) is 0.353. The summed E-state index contributed by atoms with van der Waals surface area (Å²) >= 11 is 0. The van der Waals surface area contributed by atoms with Crippen LogP contribution in [0, 0.1) is 12.7 Å². The highest BCUT2D eigenvalue weighted by molar-refractivity contribution is 7.92. The van der Waals surface area contributed by atoms with E-state index in [4.69, 9.17) is 4.52 Å². The molecule has 3 heterocycles. The van der Waals surface area contributed by atoms with Crippen molar-refractivity contribution in [2.45, 2.75) is 19.9 Å². The van der Waals surface area contributed by atoms with Crippen LogP contribution in [0.15, 0.2) is 53.3 Å². The SMILES string of the molecule is Cc1cc(Cn2cc3c(N(C)S(C)(=O)=O)c4cc(Cc5ccc(F)cc5)cnc4c(O)c3c2O)no1. The zero-order valence-corrected chi connectivity index (χ0v) is 20.5. The van der Waals surface area contributed by atoms with Crippen LogP contribution in [-0.2, 0) is 23.0 Å². The van der Waals surface area contributed by atoms with Crippen LogP contribution in [0.4, 0.5) is 10.1 Å². The Morgan fingerprint density at radius 3 is 2.47 bits per heavy atom. The summed E-state index contributed by atoms with van der Waals surface area (Å²) in [5.74, 6) is -0.271. The van der Waals surface area contributed by atoms with E-state index in [1.807, 2.05) is 0 Å². The number of pyridine rings is 1. The van der Waals surface area contributed by atoms with Gasteiger partial charge in [-0.3, -0.25) is 9.29 Å². The molecule has 2 aromatic carbocycles. The predicted molar refractivity (Wildman–Crippen MR) is 133 cm³/mol. The number of phenols is 1. The van der Waals surface area contributed by atoms with Gasteiger partial charge in [0.25, 0.3) is 0 Å². The molecule has 0 saturated heterocycles. The monoisotopic (exact) mass is 510 g/mol. The smallest absolute Gasteiger partial charge is 0.232 e. The number of aromatic hydroxyl groups is 2. The van der Waals surface area contributed by atoms with Gasteiger partial charge < -0.3 is 19.3 Å². The summed E-state index contributed by atoms with van der Waals surface area (Å²) in [5.41, 5.74) is 2.52. The second kappa shape index (κ2) is 8.52. The van der Waals surface area contributed by atoms with Crippen molar-refractivity contribution in [3.05, 3.63) is 77.2 Å². The van der Waals surface area contributed by atoms with Crippen molar-refractivity contribution in [3.8, 4) is 11.6 Å². The zero-order valence-electron chi connectivity index (χ0n) is 19.7. The summed E-state index contributed by atoms with van der Waals surface area (Å²) in [6.07, 6.45) is 4.62. The van der Waals surface area contributed by atoms with Gasteiger partial charge in [-0.05, 0) is 42.7 Å². The number of phenolic OH excluding ortho intramolecular Hbond substituents is 1. The zero-order chi connectivity index (χ0) is 25.8. The van der Waals surface area contributed by atoms with Crippen LogP contribution in [0.5, 0.6) is 11.6 Å². The Hall–Kier alpha value is -4.12. The van der Waals surface area contributed by atoms with E-state index in [2.05, 4.69) is 10.1 Å². The second-order valence-electron chi connectivity index (χ2n) is 8.77. The van der Waals surface area contributed by atoms with Crippen molar-refractivity contribution in [1.82, 2.24) is 14.7 Å². The van der Waals surface area contributed by atoms with Crippen LogP contribution in [0.25, 0.3) is 21.7 Å². The first-order valence-corrected chi connectivity index (χ1v) is 12.8. The van der Waals surface area contributed by atoms with E-state index >= 15 is 0 Å². The van der Waals surface area contributed by atoms with Gasteiger partial charge in [-0.2, -0.15) is 0 Å². The van der Waals surface area contributed by atoms with Crippen LogP contribution in [0.3, 0.4) is 0 Å². The van der Waals surface area contributed by atoms with Crippen LogP contribution in [-0.4, -0.2) is 46.6 Å². The van der Waals surface area contributed by atoms with Crippen LogP contribution < -0.4 is 4.31 Å². The molecule has 5 aromatic rings. The molecule has 0 bridgehead atoms. The molecule has 3 aromatic heterocycles. The fraction of sp³-hybridized carbons (Fsp3) is 0.200. The Bertz CT molecular complexity index is 1730. The molecule has 5 rings (SSSR count). The van der Waals surface area contributed by atoms with Gasteiger partial charge in [0.2, 0.25) is 15.9 Å². The van der Waals surface area contributed by atoms with E-state index < -0.39 is 10.0 Å². The van der Waals surface area contributed by atoms with Gasteiger partial charge in [0, 0.05) is 36.3 Å². The number of sulfonamides is 1. The third-order valence-corrected chi connectivity index (χ3v) is 7.29. The highest BCUT2D eigenvalue weighted by atomic mass is 32.2. The fourth-order valence-electron chi connectivity index (χ4n) is 4.33. The maximum absolute atomic E-state index is 13.3. The second-order valence-corrected chi connectivity index (χ2v) is 10.8. The number of nitrogens with zero attached hydrogens (tertiary/aromatic N) is 4. The minimum Gasteiger partial charge on any atom is -0.505 e. The Morgan fingerprint density at radius 2 is 1.83 bits per heavy atom. The summed E-state index contributed by atoms with van der Waals surface area (Å²) in [5, 5.41) is 26.8. The molecule has 36 heavy (non-hydrogen) atoms. The number of aromatic nitrogens is 3. The van der Waals surface area contributed by atoms with Crippen LogP contribution >= 0.6 is 0 Å². The Morgan fingerprint density at radius 1 is 1.11 bits per heavy atom. The van der Waals surface area contributed by atoms with Crippen molar-refractivity contribution < 1.29 is 27.5 Å². The maximum Gasteiger partial charge on any atom is 0.232 e. The third-order valence-electron chi connectivity index (χ3n) is 6.11. The van der Waals surface area contributed by atoms with E-state index in [1.54, 1.807) is 43.6 Å². The number of fused-ring (bicyclic) bond motifs is 2. The Labute approximate surface area is 206 Å². The van der Waals surface area contributed by atoms with Crippen molar-refractivity contribution in [2.75, 3.05) is 17.6 Å².